The van der Waals surface area contributed by atoms with E-state index in [9.17, 15) is 4.79 Å². The number of hydrogen-bond acceptors (Lipinski definition) is 4. The van der Waals surface area contributed by atoms with E-state index in [1.165, 1.54) is 25.7 Å². The summed E-state index contributed by atoms with van der Waals surface area (Å²) >= 11 is 12.5. The molecule has 0 unspecified atom stereocenters. The van der Waals surface area contributed by atoms with Crippen LogP contribution in [-0.4, -0.2) is 36.1 Å². The number of anilines is 2. The molecule has 0 spiro atoms. The smallest absolute Gasteiger partial charge is 0.324 e. The summed E-state index contributed by atoms with van der Waals surface area (Å²) in [5, 5.41) is 11.4. The van der Waals surface area contributed by atoms with E-state index in [0.717, 1.165) is 23.2 Å². The van der Waals surface area contributed by atoms with Gasteiger partial charge in [-0.25, -0.2) is 9.48 Å². The fourth-order valence-corrected chi connectivity index (χ4v) is 4.82. The van der Waals surface area contributed by atoms with Crippen LogP contribution >= 0.6 is 23.2 Å². The third-order valence-corrected chi connectivity index (χ3v) is 7.15. The highest BCUT2D eigenvalue weighted by atomic mass is 35.5. The third-order valence-electron chi connectivity index (χ3n) is 6.43. The maximum Gasteiger partial charge on any atom is 0.324 e. The van der Waals surface area contributed by atoms with Gasteiger partial charge in [0.1, 0.15) is 5.82 Å². The summed E-state index contributed by atoms with van der Waals surface area (Å²) in [6, 6.07) is 12.7. The number of nitrogens with one attached hydrogen (secondary N) is 2. The Bertz CT molecular complexity index is 1180. The molecule has 0 saturated heterocycles. The topological polar surface area (TPSA) is 77.4 Å². The number of carbonyl (C=O) groups excluding carboxylic acids is 1. The number of carbonyl (C=O) groups is 1. The lowest BCUT2D eigenvalue weighted by atomic mass is 10.1. The Balaban J connectivity index is 1.56. The van der Waals surface area contributed by atoms with E-state index in [0.29, 0.717) is 53.0 Å². The molecular weight excluding hydrogens is 499 g/mol. The average Bonchev–Trinajstić information content (AvgIpc) is 3.50. The van der Waals surface area contributed by atoms with E-state index in [2.05, 4.69) is 10.6 Å². The molecule has 2 amide bonds. The number of rotatable bonds is 10. The maximum atomic E-state index is 13.2. The predicted molar refractivity (Wildman–Crippen MR) is 145 cm³/mol. The van der Waals surface area contributed by atoms with Crippen LogP contribution in [0.2, 0.25) is 10.0 Å². The zero-order valence-corrected chi connectivity index (χ0v) is 22.2. The van der Waals surface area contributed by atoms with E-state index >= 15 is 0 Å². The Labute approximate surface area is 222 Å². The minimum Gasteiger partial charge on any atom is -0.476 e. The Hall–Kier alpha value is -2.74. The predicted octanol–water partition coefficient (Wildman–Crippen LogP) is 7.28. The van der Waals surface area contributed by atoms with Gasteiger partial charge in [0.25, 0.3) is 0 Å². The molecule has 1 aliphatic rings. The van der Waals surface area contributed by atoms with E-state index in [-0.39, 0.29) is 0 Å². The van der Waals surface area contributed by atoms with E-state index < -0.39 is 6.03 Å². The van der Waals surface area contributed by atoms with Gasteiger partial charge in [-0.2, -0.15) is 0 Å². The summed E-state index contributed by atoms with van der Waals surface area (Å²) in [7, 11) is 1.66. The molecule has 1 fully saturated rings. The molecule has 1 saturated carbocycles. The summed E-state index contributed by atoms with van der Waals surface area (Å²) in [5.74, 6) is 1.62. The van der Waals surface area contributed by atoms with Crippen LogP contribution in [0.15, 0.2) is 42.5 Å². The molecule has 2 aromatic carbocycles. The summed E-state index contributed by atoms with van der Waals surface area (Å²) in [6.45, 7) is 3.14. The number of methoxy groups -OCH3 is 1. The highest BCUT2D eigenvalue weighted by Crippen LogP contribution is 2.32. The SMILES string of the molecule is COCCCc1cc(Cl)c(Cl)cc1NC(=O)Nc1c(C)c(OCC2CCCC2)nn1-c1ccccc1. The molecule has 192 valence electrons. The molecule has 4 rings (SSSR count). The number of halogens is 2. The molecular formula is C27H32Cl2N4O3. The highest BCUT2D eigenvalue weighted by Gasteiger charge is 2.22. The lowest BCUT2D eigenvalue weighted by Gasteiger charge is -2.15. The van der Waals surface area contributed by atoms with Gasteiger partial charge in [-0.3, -0.25) is 5.32 Å². The first-order valence-electron chi connectivity index (χ1n) is 12.3. The molecule has 0 aliphatic heterocycles. The highest BCUT2D eigenvalue weighted by molar-refractivity contribution is 6.42. The molecule has 7 nitrogen and oxygen atoms in total. The van der Waals surface area contributed by atoms with Crippen molar-refractivity contribution in [2.75, 3.05) is 31.0 Å². The molecule has 0 atom stereocenters. The first-order chi connectivity index (χ1) is 17.5. The second kappa shape index (κ2) is 12.5. The number of nitrogens with zero attached hydrogens (tertiary/aromatic N) is 2. The third kappa shape index (κ3) is 6.52. The van der Waals surface area contributed by atoms with Crippen LogP contribution in [0.4, 0.5) is 16.3 Å². The number of urea groups is 1. The van der Waals surface area contributed by atoms with Crippen molar-refractivity contribution < 1.29 is 14.3 Å². The van der Waals surface area contributed by atoms with E-state index in [1.54, 1.807) is 23.9 Å². The molecule has 2 N–H and O–H groups in total. The summed E-state index contributed by atoms with van der Waals surface area (Å²) < 4.78 is 13.0. The molecule has 1 aromatic heterocycles. The quantitative estimate of drug-likeness (QED) is 0.270. The number of ether oxygens (including phenoxy) is 2. The van der Waals surface area contributed by atoms with Crippen LogP contribution in [0.25, 0.3) is 5.69 Å². The molecule has 0 bridgehead atoms. The van der Waals surface area contributed by atoms with Crippen LogP contribution < -0.4 is 15.4 Å². The molecule has 0 radical (unpaired) electrons. The number of benzene rings is 2. The van der Waals surface area contributed by atoms with Crippen molar-refractivity contribution in [1.29, 1.82) is 0 Å². The Morgan fingerprint density at radius 3 is 2.56 bits per heavy atom. The maximum absolute atomic E-state index is 13.2. The van der Waals surface area contributed by atoms with Gasteiger partial charge >= 0.3 is 6.03 Å². The van der Waals surface area contributed by atoms with Crippen molar-refractivity contribution in [2.24, 2.45) is 5.92 Å². The van der Waals surface area contributed by atoms with Crippen LogP contribution in [-0.2, 0) is 11.2 Å². The average molecular weight is 531 g/mol. The van der Waals surface area contributed by atoms with Crippen molar-refractivity contribution >= 4 is 40.7 Å². The van der Waals surface area contributed by atoms with E-state index in [4.69, 9.17) is 37.8 Å². The zero-order valence-electron chi connectivity index (χ0n) is 20.7. The summed E-state index contributed by atoms with van der Waals surface area (Å²) in [6.07, 6.45) is 6.33. The standard InChI is InChI=1S/C27H32Cl2N4O3/c1-18-25(31-27(34)30-24-16-23(29)22(28)15-20(24)11-8-14-35-2)33(21-12-4-3-5-13-21)32-26(18)36-17-19-9-6-7-10-19/h3-5,12-13,15-16,19H,6-11,14,17H2,1-2H3,(H2,30,31,34). The number of aromatic nitrogens is 2. The minimum atomic E-state index is -0.413. The van der Waals surface area contributed by atoms with Crippen LogP contribution in [0.1, 0.15) is 43.2 Å². The lowest BCUT2D eigenvalue weighted by Crippen LogP contribution is -2.22. The number of para-hydroxylation sites is 1. The largest absolute Gasteiger partial charge is 0.476 e. The zero-order chi connectivity index (χ0) is 25.5. The van der Waals surface area contributed by atoms with Gasteiger partial charge in [0.15, 0.2) is 0 Å². The first-order valence-corrected chi connectivity index (χ1v) is 13.0. The molecule has 3 aromatic rings. The van der Waals surface area contributed by atoms with Gasteiger partial charge < -0.3 is 14.8 Å². The number of amides is 2. The van der Waals surface area contributed by atoms with Crippen molar-refractivity contribution in [1.82, 2.24) is 9.78 Å². The fraction of sp³-hybridized carbons (Fsp3) is 0.407. The van der Waals surface area contributed by atoms with Gasteiger partial charge in [0, 0.05) is 19.4 Å². The normalized spacial score (nSPS) is 13.7. The number of aryl methyl sites for hydroxylation is 1. The monoisotopic (exact) mass is 530 g/mol. The minimum absolute atomic E-state index is 0.371. The first kappa shape index (κ1) is 26.3. The second-order valence-electron chi connectivity index (χ2n) is 9.09. The lowest BCUT2D eigenvalue weighted by molar-refractivity contribution is 0.195. The molecule has 1 aliphatic carbocycles. The van der Waals surface area contributed by atoms with Gasteiger partial charge in [-0.1, -0.05) is 54.2 Å². The van der Waals surface area contributed by atoms with E-state index in [1.807, 2.05) is 37.3 Å². The molecule has 1 heterocycles. The molecule has 36 heavy (non-hydrogen) atoms. The van der Waals surface area contributed by atoms with Crippen LogP contribution in [0.3, 0.4) is 0 Å². The van der Waals surface area contributed by atoms with Crippen molar-refractivity contribution in [3.8, 4) is 11.6 Å². The number of hydrogen-bond donors (Lipinski definition) is 2. The summed E-state index contributed by atoms with van der Waals surface area (Å²) in [5.41, 5.74) is 3.06. The van der Waals surface area contributed by atoms with Gasteiger partial charge in [0.2, 0.25) is 5.88 Å². The van der Waals surface area contributed by atoms with Crippen molar-refractivity contribution in [2.45, 2.75) is 45.4 Å². The van der Waals surface area contributed by atoms with Crippen LogP contribution in [0.5, 0.6) is 5.88 Å². The Morgan fingerprint density at radius 2 is 1.83 bits per heavy atom. The van der Waals surface area contributed by atoms with Gasteiger partial charge in [-0.15, -0.1) is 5.10 Å². The fourth-order valence-electron chi connectivity index (χ4n) is 4.47. The van der Waals surface area contributed by atoms with Crippen molar-refractivity contribution in [3.63, 3.8) is 0 Å². The van der Waals surface area contributed by atoms with Crippen molar-refractivity contribution in [3.05, 3.63) is 63.6 Å². The van der Waals surface area contributed by atoms with Crippen LogP contribution in [0, 0.1) is 12.8 Å². The summed E-state index contributed by atoms with van der Waals surface area (Å²) in [4.78, 5) is 13.2. The second-order valence-corrected chi connectivity index (χ2v) is 9.90. The van der Waals surface area contributed by atoms with Gasteiger partial charge in [-0.05, 0) is 68.4 Å². The Morgan fingerprint density at radius 1 is 1.11 bits per heavy atom. The molecule has 9 heteroatoms. The Kier molecular flexibility index (Phi) is 9.13. The van der Waals surface area contributed by atoms with Gasteiger partial charge in [0.05, 0.1) is 27.9 Å².